The molecular formula is C21H30FN3O. The lowest BCUT2D eigenvalue weighted by Gasteiger charge is -2.49. The maximum atomic E-state index is 13.0. The highest BCUT2D eigenvalue weighted by Crippen LogP contribution is 2.32. The highest BCUT2D eigenvalue weighted by atomic mass is 19.1. The standard InChI is InChI=1S/C21H30FN3O/c1-3-25-14-12-21(11-10-20(25)26)17-24(16-15-23(21)2)13-4-5-18-6-8-19(22)9-7-18/h4-9H,3,10-17H2,1-2H3. The van der Waals surface area contributed by atoms with Crippen molar-refractivity contribution in [1.82, 2.24) is 14.7 Å². The molecule has 0 saturated carbocycles. The van der Waals surface area contributed by atoms with Crippen LogP contribution in [-0.4, -0.2) is 72.5 Å². The quantitative estimate of drug-likeness (QED) is 0.827. The van der Waals surface area contributed by atoms with E-state index in [-0.39, 0.29) is 11.4 Å². The molecule has 0 bridgehead atoms. The molecule has 1 unspecified atom stereocenters. The van der Waals surface area contributed by atoms with Crippen molar-refractivity contribution in [2.24, 2.45) is 0 Å². The fraction of sp³-hybridized carbons (Fsp3) is 0.571. The van der Waals surface area contributed by atoms with E-state index in [4.69, 9.17) is 0 Å². The number of carbonyl (C=O) groups is 1. The molecule has 0 N–H and O–H groups in total. The average molecular weight is 359 g/mol. The molecule has 1 spiro atoms. The van der Waals surface area contributed by atoms with E-state index in [1.54, 1.807) is 12.1 Å². The van der Waals surface area contributed by atoms with Gasteiger partial charge in [0.1, 0.15) is 5.82 Å². The summed E-state index contributed by atoms with van der Waals surface area (Å²) in [4.78, 5) is 19.2. The molecule has 26 heavy (non-hydrogen) atoms. The smallest absolute Gasteiger partial charge is 0.222 e. The molecular weight excluding hydrogens is 329 g/mol. The third-order valence-corrected chi connectivity index (χ3v) is 6.01. The number of halogens is 1. The average Bonchev–Trinajstić information content (AvgIpc) is 2.80. The van der Waals surface area contributed by atoms with Crippen LogP contribution in [-0.2, 0) is 4.79 Å². The van der Waals surface area contributed by atoms with Crippen LogP contribution < -0.4 is 0 Å². The number of likely N-dealkylation sites (tertiary alicyclic amines) is 1. The summed E-state index contributed by atoms with van der Waals surface area (Å²) in [5, 5.41) is 0. The van der Waals surface area contributed by atoms with Crippen molar-refractivity contribution in [2.45, 2.75) is 31.7 Å². The first-order valence-corrected chi connectivity index (χ1v) is 9.66. The highest BCUT2D eigenvalue weighted by Gasteiger charge is 2.41. The fourth-order valence-electron chi connectivity index (χ4n) is 4.18. The summed E-state index contributed by atoms with van der Waals surface area (Å²) < 4.78 is 13.0. The molecule has 1 aromatic rings. The van der Waals surface area contributed by atoms with Crippen molar-refractivity contribution in [3.8, 4) is 0 Å². The highest BCUT2D eigenvalue weighted by molar-refractivity contribution is 5.76. The van der Waals surface area contributed by atoms with Crippen molar-refractivity contribution in [2.75, 3.05) is 46.3 Å². The summed E-state index contributed by atoms with van der Waals surface area (Å²) >= 11 is 0. The molecule has 1 amide bonds. The molecule has 5 heteroatoms. The number of rotatable bonds is 4. The number of likely N-dealkylation sites (N-methyl/N-ethyl adjacent to an activating group) is 1. The predicted molar refractivity (Wildman–Crippen MR) is 103 cm³/mol. The van der Waals surface area contributed by atoms with Crippen LogP contribution in [0.5, 0.6) is 0 Å². The van der Waals surface area contributed by atoms with E-state index >= 15 is 0 Å². The van der Waals surface area contributed by atoms with Gasteiger partial charge in [-0.15, -0.1) is 0 Å². The first-order chi connectivity index (χ1) is 12.5. The Balaban J connectivity index is 1.62. The number of benzene rings is 1. The molecule has 2 heterocycles. The largest absolute Gasteiger partial charge is 0.343 e. The molecule has 0 aromatic heterocycles. The first-order valence-electron chi connectivity index (χ1n) is 9.66. The van der Waals surface area contributed by atoms with E-state index in [1.807, 2.05) is 4.90 Å². The van der Waals surface area contributed by atoms with Crippen molar-refractivity contribution in [3.63, 3.8) is 0 Å². The molecule has 142 valence electrons. The third kappa shape index (κ3) is 4.33. The van der Waals surface area contributed by atoms with Crippen molar-refractivity contribution >= 4 is 12.0 Å². The zero-order chi connectivity index (χ0) is 18.6. The maximum absolute atomic E-state index is 13.0. The van der Waals surface area contributed by atoms with Gasteiger partial charge in [0.25, 0.3) is 0 Å². The van der Waals surface area contributed by atoms with Gasteiger partial charge in [-0.05, 0) is 44.5 Å². The Hall–Kier alpha value is -1.72. The van der Waals surface area contributed by atoms with Crippen LogP contribution >= 0.6 is 0 Å². The van der Waals surface area contributed by atoms with Gasteiger partial charge in [0.15, 0.2) is 0 Å². The number of piperazine rings is 1. The fourth-order valence-corrected chi connectivity index (χ4v) is 4.18. The summed E-state index contributed by atoms with van der Waals surface area (Å²) in [6, 6.07) is 6.58. The van der Waals surface area contributed by atoms with E-state index in [0.717, 1.165) is 57.7 Å². The maximum Gasteiger partial charge on any atom is 0.222 e. The lowest BCUT2D eigenvalue weighted by atomic mass is 9.86. The van der Waals surface area contributed by atoms with Gasteiger partial charge in [-0.3, -0.25) is 14.6 Å². The van der Waals surface area contributed by atoms with Crippen molar-refractivity contribution in [3.05, 3.63) is 41.7 Å². The summed E-state index contributed by atoms with van der Waals surface area (Å²) in [5.41, 5.74) is 1.12. The zero-order valence-corrected chi connectivity index (χ0v) is 16.0. The van der Waals surface area contributed by atoms with Crippen LogP contribution in [0, 0.1) is 5.82 Å². The second kappa shape index (κ2) is 8.31. The van der Waals surface area contributed by atoms with Crippen LogP contribution in [0.15, 0.2) is 30.3 Å². The third-order valence-electron chi connectivity index (χ3n) is 6.01. The van der Waals surface area contributed by atoms with Gasteiger partial charge in [-0.25, -0.2) is 4.39 Å². The Kier molecular flexibility index (Phi) is 6.09. The van der Waals surface area contributed by atoms with Crippen LogP contribution in [0.25, 0.3) is 6.08 Å². The predicted octanol–water partition coefficient (Wildman–Crippen LogP) is 2.86. The second-order valence-corrected chi connectivity index (χ2v) is 7.56. The van der Waals surface area contributed by atoms with Gasteiger partial charge in [-0.2, -0.15) is 0 Å². The summed E-state index contributed by atoms with van der Waals surface area (Å²) in [5.74, 6) is 0.0956. The summed E-state index contributed by atoms with van der Waals surface area (Å²) in [6.07, 6.45) is 6.85. The lowest BCUT2D eigenvalue weighted by Crippen LogP contribution is -2.61. The van der Waals surface area contributed by atoms with E-state index in [0.29, 0.717) is 12.3 Å². The molecule has 2 aliphatic heterocycles. The topological polar surface area (TPSA) is 26.8 Å². The van der Waals surface area contributed by atoms with Gasteiger partial charge in [-0.1, -0.05) is 24.3 Å². The van der Waals surface area contributed by atoms with E-state index in [9.17, 15) is 9.18 Å². The Labute approximate surface area is 156 Å². The zero-order valence-electron chi connectivity index (χ0n) is 16.0. The molecule has 2 fully saturated rings. The van der Waals surface area contributed by atoms with Gasteiger partial charge < -0.3 is 4.90 Å². The first kappa shape index (κ1) is 19.1. The van der Waals surface area contributed by atoms with Gasteiger partial charge >= 0.3 is 0 Å². The number of nitrogens with zero attached hydrogens (tertiary/aromatic N) is 3. The minimum atomic E-state index is -0.202. The normalized spacial score (nSPS) is 26.0. The Bertz CT molecular complexity index is 645. The molecule has 0 radical (unpaired) electrons. The Morgan fingerprint density at radius 3 is 2.65 bits per heavy atom. The monoisotopic (exact) mass is 359 g/mol. The Morgan fingerprint density at radius 2 is 1.92 bits per heavy atom. The van der Waals surface area contributed by atoms with Gasteiger partial charge in [0.05, 0.1) is 0 Å². The van der Waals surface area contributed by atoms with Gasteiger partial charge in [0.2, 0.25) is 5.91 Å². The Morgan fingerprint density at radius 1 is 1.15 bits per heavy atom. The molecule has 2 aliphatic rings. The second-order valence-electron chi connectivity index (χ2n) is 7.56. The molecule has 2 saturated heterocycles. The number of amides is 1. The summed E-state index contributed by atoms with van der Waals surface area (Å²) in [7, 11) is 2.21. The van der Waals surface area contributed by atoms with Crippen molar-refractivity contribution < 1.29 is 9.18 Å². The van der Waals surface area contributed by atoms with Crippen LogP contribution in [0.4, 0.5) is 4.39 Å². The van der Waals surface area contributed by atoms with E-state index in [1.165, 1.54) is 12.1 Å². The minimum Gasteiger partial charge on any atom is -0.343 e. The molecule has 0 aliphatic carbocycles. The van der Waals surface area contributed by atoms with Crippen LogP contribution in [0.2, 0.25) is 0 Å². The van der Waals surface area contributed by atoms with Crippen molar-refractivity contribution in [1.29, 1.82) is 0 Å². The van der Waals surface area contributed by atoms with E-state index in [2.05, 4.69) is 35.9 Å². The minimum absolute atomic E-state index is 0.0988. The lowest BCUT2D eigenvalue weighted by molar-refractivity contribution is -0.130. The van der Waals surface area contributed by atoms with Crippen LogP contribution in [0.3, 0.4) is 0 Å². The van der Waals surface area contributed by atoms with E-state index < -0.39 is 0 Å². The molecule has 3 rings (SSSR count). The molecule has 4 nitrogen and oxygen atoms in total. The summed E-state index contributed by atoms with van der Waals surface area (Å²) in [6.45, 7) is 7.69. The molecule has 1 aromatic carbocycles. The number of carbonyl (C=O) groups excluding carboxylic acids is 1. The van der Waals surface area contributed by atoms with Crippen LogP contribution in [0.1, 0.15) is 31.7 Å². The molecule has 1 atom stereocenters. The van der Waals surface area contributed by atoms with Gasteiger partial charge in [0, 0.05) is 51.2 Å². The SMILES string of the molecule is CCN1CCC2(CCC1=O)CN(CC=Cc1ccc(F)cc1)CCN2C. The number of hydrogen-bond donors (Lipinski definition) is 0. The number of hydrogen-bond acceptors (Lipinski definition) is 3.